The summed E-state index contributed by atoms with van der Waals surface area (Å²) in [4.78, 5) is 26.1. The highest BCUT2D eigenvalue weighted by atomic mass is 16.5. The van der Waals surface area contributed by atoms with Gasteiger partial charge in [0.15, 0.2) is 0 Å². The van der Waals surface area contributed by atoms with Crippen LogP contribution in [0.2, 0.25) is 0 Å². The van der Waals surface area contributed by atoms with Gasteiger partial charge in [0.2, 0.25) is 0 Å². The third-order valence-corrected chi connectivity index (χ3v) is 5.36. The molecule has 32 heavy (non-hydrogen) atoms. The second-order valence-corrected chi connectivity index (χ2v) is 7.46. The topological polar surface area (TPSA) is 58.6 Å². The lowest BCUT2D eigenvalue weighted by molar-refractivity contribution is -0.113. The summed E-state index contributed by atoms with van der Waals surface area (Å²) in [6, 6.07) is 30.2. The summed E-state index contributed by atoms with van der Waals surface area (Å²) in [5.41, 5.74) is 2.69. The molecule has 1 heterocycles. The first-order chi connectivity index (χ1) is 15.7. The van der Waals surface area contributed by atoms with E-state index < -0.39 is 6.03 Å². The Kier molecular flexibility index (Phi) is 5.14. The van der Waals surface area contributed by atoms with E-state index in [1.54, 1.807) is 30.3 Å². The SMILES string of the molecule is O=C1N/C(=C/c2ccc(OCc3cccc4ccccc34)cc2)C(=O)N1c1ccccc1. The van der Waals surface area contributed by atoms with Gasteiger partial charge in [-0.25, -0.2) is 9.69 Å². The van der Waals surface area contributed by atoms with Gasteiger partial charge in [-0.1, -0.05) is 72.8 Å². The average molecular weight is 420 g/mol. The number of para-hydroxylation sites is 1. The third kappa shape index (κ3) is 3.84. The fourth-order valence-corrected chi connectivity index (χ4v) is 3.75. The van der Waals surface area contributed by atoms with Crippen LogP contribution in [0.4, 0.5) is 10.5 Å². The molecule has 156 valence electrons. The number of imide groups is 1. The number of hydrogen-bond donors (Lipinski definition) is 1. The summed E-state index contributed by atoms with van der Waals surface area (Å²) < 4.78 is 5.97. The highest BCUT2D eigenvalue weighted by Crippen LogP contribution is 2.24. The minimum absolute atomic E-state index is 0.239. The van der Waals surface area contributed by atoms with Gasteiger partial charge < -0.3 is 10.1 Å². The standard InChI is InChI=1S/C27H20N2O3/c30-26-25(28-27(31)29(26)22-10-2-1-3-11-22)17-19-13-15-23(16-14-19)32-18-21-9-6-8-20-7-4-5-12-24(20)21/h1-17H,18H2,(H,28,31)/b25-17+. The first-order valence-corrected chi connectivity index (χ1v) is 10.3. The molecule has 0 unspecified atom stereocenters. The molecule has 0 atom stereocenters. The number of anilines is 1. The van der Waals surface area contributed by atoms with Crippen LogP contribution in [0.25, 0.3) is 16.8 Å². The van der Waals surface area contributed by atoms with Crippen molar-refractivity contribution in [1.82, 2.24) is 5.32 Å². The van der Waals surface area contributed by atoms with Crippen LogP contribution in [0, 0.1) is 0 Å². The fraction of sp³-hybridized carbons (Fsp3) is 0.0370. The van der Waals surface area contributed by atoms with Crippen LogP contribution in [0.3, 0.4) is 0 Å². The van der Waals surface area contributed by atoms with Gasteiger partial charge in [0.1, 0.15) is 18.1 Å². The average Bonchev–Trinajstić information content (AvgIpc) is 3.11. The Morgan fingerprint density at radius 3 is 2.31 bits per heavy atom. The van der Waals surface area contributed by atoms with Gasteiger partial charge in [-0.05, 0) is 52.2 Å². The number of carbonyl (C=O) groups excluding carboxylic acids is 2. The van der Waals surface area contributed by atoms with Crippen molar-refractivity contribution in [1.29, 1.82) is 0 Å². The zero-order valence-electron chi connectivity index (χ0n) is 17.2. The number of nitrogens with one attached hydrogen (secondary N) is 1. The summed E-state index contributed by atoms with van der Waals surface area (Å²) >= 11 is 0. The van der Waals surface area contributed by atoms with Crippen LogP contribution in [-0.4, -0.2) is 11.9 Å². The second-order valence-electron chi connectivity index (χ2n) is 7.46. The molecule has 0 aliphatic carbocycles. The smallest absolute Gasteiger partial charge is 0.333 e. The normalized spacial score (nSPS) is 14.8. The van der Waals surface area contributed by atoms with E-state index in [9.17, 15) is 9.59 Å². The molecule has 5 nitrogen and oxygen atoms in total. The van der Waals surface area contributed by atoms with Gasteiger partial charge in [0.25, 0.3) is 5.91 Å². The minimum atomic E-state index is -0.456. The predicted molar refractivity (Wildman–Crippen MR) is 125 cm³/mol. The molecule has 0 saturated carbocycles. The molecule has 4 aromatic carbocycles. The van der Waals surface area contributed by atoms with Crippen LogP contribution in [-0.2, 0) is 11.4 Å². The van der Waals surface area contributed by atoms with E-state index in [0.29, 0.717) is 12.3 Å². The Hall–Kier alpha value is -4.38. The zero-order chi connectivity index (χ0) is 21.9. The first-order valence-electron chi connectivity index (χ1n) is 10.3. The van der Waals surface area contributed by atoms with Crippen molar-refractivity contribution in [3.05, 3.63) is 114 Å². The fourth-order valence-electron chi connectivity index (χ4n) is 3.75. The number of ether oxygens (including phenoxy) is 1. The number of urea groups is 1. The molecule has 0 radical (unpaired) electrons. The summed E-state index contributed by atoms with van der Waals surface area (Å²) in [6.45, 7) is 0.461. The monoisotopic (exact) mass is 420 g/mol. The van der Waals surface area contributed by atoms with Crippen LogP contribution in [0.1, 0.15) is 11.1 Å². The molecule has 0 bridgehead atoms. The Labute approximate surface area is 185 Å². The molecule has 3 amide bonds. The molecule has 5 rings (SSSR count). The van der Waals surface area contributed by atoms with E-state index in [1.165, 1.54) is 10.8 Å². The largest absolute Gasteiger partial charge is 0.489 e. The summed E-state index contributed by atoms with van der Waals surface area (Å²) in [5.74, 6) is 0.352. The molecule has 5 heteroatoms. The van der Waals surface area contributed by atoms with Gasteiger partial charge in [0.05, 0.1) is 5.69 Å². The lowest BCUT2D eigenvalue weighted by Gasteiger charge is -2.11. The zero-order valence-corrected chi connectivity index (χ0v) is 17.2. The number of fused-ring (bicyclic) bond motifs is 1. The van der Waals surface area contributed by atoms with E-state index in [0.717, 1.165) is 21.8 Å². The van der Waals surface area contributed by atoms with Crippen molar-refractivity contribution in [2.75, 3.05) is 4.90 Å². The van der Waals surface area contributed by atoms with Gasteiger partial charge in [0, 0.05) is 0 Å². The van der Waals surface area contributed by atoms with Crippen molar-refractivity contribution in [2.24, 2.45) is 0 Å². The van der Waals surface area contributed by atoms with Crippen molar-refractivity contribution in [2.45, 2.75) is 6.61 Å². The second kappa shape index (κ2) is 8.40. The van der Waals surface area contributed by atoms with E-state index in [2.05, 4.69) is 29.6 Å². The van der Waals surface area contributed by atoms with Crippen molar-refractivity contribution < 1.29 is 14.3 Å². The van der Waals surface area contributed by atoms with Crippen molar-refractivity contribution in [3.63, 3.8) is 0 Å². The number of rotatable bonds is 5. The molecule has 0 aromatic heterocycles. The molecular weight excluding hydrogens is 400 g/mol. The summed E-state index contributed by atoms with van der Waals surface area (Å²) in [7, 11) is 0. The lowest BCUT2D eigenvalue weighted by atomic mass is 10.1. The predicted octanol–water partition coefficient (Wildman–Crippen LogP) is 5.52. The van der Waals surface area contributed by atoms with Crippen LogP contribution >= 0.6 is 0 Å². The number of carbonyl (C=O) groups is 2. The highest BCUT2D eigenvalue weighted by Gasteiger charge is 2.34. The first kappa shape index (κ1) is 19.6. The Morgan fingerprint density at radius 2 is 1.50 bits per heavy atom. The van der Waals surface area contributed by atoms with Crippen LogP contribution in [0.15, 0.2) is 103 Å². The van der Waals surface area contributed by atoms with E-state index in [-0.39, 0.29) is 11.6 Å². The van der Waals surface area contributed by atoms with Crippen LogP contribution in [0.5, 0.6) is 5.75 Å². The number of hydrogen-bond acceptors (Lipinski definition) is 3. The Bertz CT molecular complexity index is 1320. The molecule has 1 fully saturated rings. The molecular formula is C27H20N2O3. The quantitative estimate of drug-likeness (QED) is 0.342. The number of amides is 3. The Morgan fingerprint density at radius 1 is 0.781 bits per heavy atom. The molecule has 1 saturated heterocycles. The molecule has 0 spiro atoms. The molecule has 1 N–H and O–H groups in total. The van der Waals surface area contributed by atoms with Crippen molar-refractivity contribution in [3.8, 4) is 5.75 Å². The molecule has 1 aliphatic rings. The van der Waals surface area contributed by atoms with Gasteiger partial charge in [-0.15, -0.1) is 0 Å². The Balaban J connectivity index is 1.29. The number of benzene rings is 4. The minimum Gasteiger partial charge on any atom is -0.489 e. The van der Waals surface area contributed by atoms with Gasteiger partial charge >= 0.3 is 6.03 Å². The molecule has 1 aliphatic heterocycles. The van der Waals surface area contributed by atoms with Gasteiger partial charge in [-0.2, -0.15) is 0 Å². The summed E-state index contributed by atoms with van der Waals surface area (Å²) in [5, 5.41) is 5.01. The lowest BCUT2D eigenvalue weighted by Crippen LogP contribution is -2.30. The van der Waals surface area contributed by atoms with E-state index in [4.69, 9.17) is 4.74 Å². The van der Waals surface area contributed by atoms with E-state index in [1.807, 2.05) is 48.5 Å². The number of nitrogens with zero attached hydrogens (tertiary/aromatic N) is 1. The molecule has 4 aromatic rings. The maximum absolute atomic E-state index is 12.7. The maximum atomic E-state index is 12.7. The summed E-state index contributed by atoms with van der Waals surface area (Å²) in [6.07, 6.45) is 1.66. The van der Waals surface area contributed by atoms with Crippen LogP contribution < -0.4 is 15.0 Å². The maximum Gasteiger partial charge on any atom is 0.333 e. The van der Waals surface area contributed by atoms with Crippen molar-refractivity contribution >= 4 is 34.5 Å². The van der Waals surface area contributed by atoms with Gasteiger partial charge in [-0.3, -0.25) is 4.79 Å². The third-order valence-electron chi connectivity index (χ3n) is 5.36. The van der Waals surface area contributed by atoms with E-state index >= 15 is 0 Å². The highest BCUT2D eigenvalue weighted by molar-refractivity contribution is 6.28.